The lowest BCUT2D eigenvalue weighted by molar-refractivity contribution is 0.235. The average Bonchev–Trinajstić information content (AvgIpc) is 2.98. The lowest BCUT2D eigenvalue weighted by Crippen LogP contribution is -2.29. The van der Waals surface area contributed by atoms with E-state index in [2.05, 4.69) is 58.6 Å². The first-order valence-electron chi connectivity index (χ1n) is 11.7. The zero-order valence-corrected chi connectivity index (χ0v) is 22.1. The number of rotatable bonds is 8. The number of hydrogen-bond donors (Lipinski definition) is 2. The van der Waals surface area contributed by atoms with Gasteiger partial charge in [-0.3, -0.25) is 4.57 Å². The van der Waals surface area contributed by atoms with Crippen molar-refractivity contribution >= 4 is 7.52 Å². The maximum atomic E-state index is 13.8. The molecule has 5 nitrogen and oxygen atoms in total. The van der Waals surface area contributed by atoms with Crippen molar-refractivity contribution in [2.24, 2.45) is 0 Å². The zero-order chi connectivity index (χ0) is 23.6. The molecule has 0 amide bonds. The molecular weight excluding hydrogens is 407 g/mol. The van der Waals surface area contributed by atoms with Gasteiger partial charge in [0.25, 0.3) is 7.52 Å². The SMILES string of the molecule is CC(C)OP(=O)(Cc1cc(C(C)(C)C)c(O)c(C(C)(C)C)c1)NCCC1CCCN1C. The second-order valence-electron chi connectivity index (χ2n) is 11.5. The summed E-state index contributed by atoms with van der Waals surface area (Å²) < 4.78 is 19.8. The summed E-state index contributed by atoms with van der Waals surface area (Å²) in [6, 6.07) is 4.56. The topological polar surface area (TPSA) is 61.8 Å². The molecule has 0 aromatic heterocycles. The van der Waals surface area contributed by atoms with E-state index in [4.69, 9.17) is 4.52 Å². The molecule has 2 unspecified atom stereocenters. The average molecular weight is 453 g/mol. The maximum absolute atomic E-state index is 13.8. The molecule has 1 aliphatic rings. The number of phenols is 1. The van der Waals surface area contributed by atoms with E-state index in [-0.39, 0.29) is 16.9 Å². The van der Waals surface area contributed by atoms with Crippen LogP contribution >= 0.6 is 7.52 Å². The normalized spacial score (nSPS) is 20.4. The molecule has 6 heteroatoms. The number of likely N-dealkylation sites (tertiary alicyclic amines) is 1. The van der Waals surface area contributed by atoms with Crippen LogP contribution in [0.25, 0.3) is 0 Å². The number of benzene rings is 1. The van der Waals surface area contributed by atoms with E-state index in [0.717, 1.165) is 29.7 Å². The van der Waals surface area contributed by atoms with Crippen LogP contribution in [0.4, 0.5) is 0 Å². The molecule has 1 heterocycles. The minimum absolute atomic E-state index is 0.131. The van der Waals surface area contributed by atoms with E-state index in [1.807, 2.05) is 26.0 Å². The smallest absolute Gasteiger partial charge is 0.274 e. The summed E-state index contributed by atoms with van der Waals surface area (Å²) in [5.74, 6) is 0.348. The molecule has 2 N–H and O–H groups in total. The third-order valence-electron chi connectivity index (χ3n) is 6.06. The summed E-state index contributed by atoms with van der Waals surface area (Å²) in [5.41, 5.74) is 2.28. The summed E-state index contributed by atoms with van der Waals surface area (Å²) in [6.45, 7) is 18.2. The van der Waals surface area contributed by atoms with Crippen LogP contribution in [0.2, 0.25) is 0 Å². The van der Waals surface area contributed by atoms with Crippen molar-refractivity contribution in [3.8, 4) is 5.75 Å². The van der Waals surface area contributed by atoms with Crippen molar-refractivity contribution in [1.29, 1.82) is 0 Å². The predicted molar refractivity (Wildman–Crippen MR) is 131 cm³/mol. The van der Waals surface area contributed by atoms with Gasteiger partial charge in [0.1, 0.15) is 5.75 Å². The Labute approximate surface area is 190 Å². The van der Waals surface area contributed by atoms with Crippen LogP contribution in [-0.4, -0.2) is 42.3 Å². The van der Waals surface area contributed by atoms with Gasteiger partial charge < -0.3 is 14.5 Å². The van der Waals surface area contributed by atoms with Crippen molar-refractivity contribution in [2.75, 3.05) is 20.1 Å². The van der Waals surface area contributed by atoms with E-state index < -0.39 is 7.52 Å². The van der Waals surface area contributed by atoms with Crippen LogP contribution in [0.5, 0.6) is 5.75 Å². The Kier molecular flexibility index (Phi) is 8.47. The first kappa shape index (κ1) is 26.4. The summed E-state index contributed by atoms with van der Waals surface area (Å²) in [6.07, 6.45) is 3.60. The molecule has 1 fully saturated rings. The monoisotopic (exact) mass is 452 g/mol. The first-order chi connectivity index (χ1) is 14.1. The molecule has 31 heavy (non-hydrogen) atoms. The summed E-state index contributed by atoms with van der Waals surface area (Å²) in [5, 5.41) is 14.3. The lowest BCUT2D eigenvalue weighted by atomic mass is 9.78. The number of hydrogen-bond acceptors (Lipinski definition) is 4. The van der Waals surface area contributed by atoms with Crippen molar-refractivity contribution < 1.29 is 14.2 Å². The van der Waals surface area contributed by atoms with Crippen LogP contribution in [0.3, 0.4) is 0 Å². The maximum Gasteiger partial charge on any atom is 0.274 e. The highest BCUT2D eigenvalue weighted by atomic mass is 31.2. The molecule has 2 atom stereocenters. The van der Waals surface area contributed by atoms with Crippen molar-refractivity contribution in [1.82, 2.24) is 9.99 Å². The van der Waals surface area contributed by atoms with Crippen molar-refractivity contribution in [3.63, 3.8) is 0 Å². The molecule has 0 saturated carbocycles. The molecule has 1 aliphatic heterocycles. The molecular formula is C25H45N2O3P. The van der Waals surface area contributed by atoms with Crippen LogP contribution in [0.1, 0.15) is 91.3 Å². The van der Waals surface area contributed by atoms with E-state index in [9.17, 15) is 9.67 Å². The number of phenolic OH excluding ortho intramolecular Hbond substituents is 1. The van der Waals surface area contributed by atoms with Gasteiger partial charge in [-0.05, 0) is 74.2 Å². The van der Waals surface area contributed by atoms with Gasteiger partial charge in [0.2, 0.25) is 0 Å². The van der Waals surface area contributed by atoms with Crippen LogP contribution in [0, 0.1) is 0 Å². The van der Waals surface area contributed by atoms with Gasteiger partial charge in [-0.1, -0.05) is 53.7 Å². The Hall–Kier alpha value is -0.870. The molecule has 2 rings (SSSR count). The highest BCUT2D eigenvalue weighted by molar-refractivity contribution is 7.56. The largest absolute Gasteiger partial charge is 0.507 e. The Morgan fingerprint density at radius 1 is 1.16 bits per heavy atom. The fourth-order valence-corrected chi connectivity index (χ4v) is 6.46. The van der Waals surface area contributed by atoms with Gasteiger partial charge in [-0.2, -0.15) is 0 Å². The molecule has 0 aliphatic carbocycles. The number of nitrogens with zero attached hydrogens (tertiary/aromatic N) is 1. The molecule has 1 aromatic rings. The Balaban J connectivity index is 2.31. The van der Waals surface area contributed by atoms with Gasteiger partial charge in [-0.25, -0.2) is 5.09 Å². The Morgan fingerprint density at radius 2 is 1.71 bits per heavy atom. The fraction of sp³-hybridized carbons (Fsp3) is 0.760. The molecule has 0 radical (unpaired) electrons. The Bertz CT molecular complexity index is 758. The first-order valence-corrected chi connectivity index (χ1v) is 13.5. The van der Waals surface area contributed by atoms with E-state index in [0.29, 0.717) is 24.5 Å². The third kappa shape index (κ3) is 7.32. The van der Waals surface area contributed by atoms with Gasteiger partial charge in [-0.15, -0.1) is 0 Å². The predicted octanol–water partition coefficient (Wildman–Crippen LogP) is 6.18. The zero-order valence-electron chi connectivity index (χ0n) is 21.2. The van der Waals surface area contributed by atoms with Crippen LogP contribution < -0.4 is 5.09 Å². The number of nitrogens with one attached hydrogen (secondary N) is 1. The summed E-state index contributed by atoms with van der Waals surface area (Å²) >= 11 is 0. The third-order valence-corrected chi connectivity index (χ3v) is 8.31. The Morgan fingerprint density at radius 3 is 2.13 bits per heavy atom. The molecule has 0 spiro atoms. The second kappa shape index (κ2) is 9.95. The van der Waals surface area contributed by atoms with Crippen LogP contribution in [0.15, 0.2) is 12.1 Å². The molecule has 1 aromatic carbocycles. The minimum Gasteiger partial charge on any atom is -0.507 e. The minimum atomic E-state index is -3.08. The van der Waals surface area contributed by atoms with Crippen molar-refractivity contribution in [3.05, 3.63) is 28.8 Å². The fourth-order valence-electron chi connectivity index (χ4n) is 4.39. The molecule has 0 bridgehead atoms. The molecule has 178 valence electrons. The summed E-state index contributed by atoms with van der Waals surface area (Å²) in [7, 11) is -0.916. The van der Waals surface area contributed by atoms with Gasteiger partial charge in [0.05, 0.1) is 12.3 Å². The van der Waals surface area contributed by atoms with Gasteiger partial charge in [0.15, 0.2) is 0 Å². The quantitative estimate of drug-likeness (QED) is 0.461. The second-order valence-corrected chi connectivity index (χ2v) is 13.7. The van der Waals surface area contributed by atoms with E-state index in [1.54, 1.807) is 0 Å². The van der Waals surface area contributed by atoms with Crippen LogP contribution in [-0.2, 0) is 26.1 Å². The van der Waals surface area contributed by atoms with Gasteiger partial charge >= 0.3 is 0 Å². The van der Waals surface area contributed by atoms with Gasteiger partial charge in [0, 0.05) is 12.6 Å². The summed E-state index contributed by atoms with van der Waals surface area (Å²) in [4.78, 5) is 2.39. The highest BCUT2D eigenvalue weighted by Gasteiger charge is 2.31. The highest BCUT2D eigenvalue weighted by Crippen LogP contribution is 2.49. The lowest BCUT2D eigenvalue weighted by Gasteiger charge is -2.29. The van der Waals surface area contributed by atoms with E-state index >= 15 is 0 Å². The number of aromatic hydroxyl groups is 1. The molecule has 1 saturated heterocycles. The van der Waals surface area contributed by atoms with Crippen molar-refractivity contribution in [2.45, 2.75) is 104 Å². The van der Waals surface area contributed by atoms with E-state index in [1.165, 1.54) is 12.8 Å². The standard InChI is InChI=1S/C25H45N2O3P/c1-18(2)30-31(29,26-13-12-20-11-10-14-27(20)9)17-19-15-21(24(3,4)5)23(28)22(16-19)25(6,7)8/h15-16,18,20,28H,10-14,17H2,1-9H3,(H,26,29).